The molecule has 1 N–H and O–H groups in total. The molecule has 0 bridgehead atoms. The summed E-state index contributed by atoms with van der Waals surface area (Å²) < 4.78 is 0. The van der Waals surface area contributed by atoms with Crippen molar-refractivity contribution >= 4 is 0 Å². The zero-order chi connectivity index (χ0) is 13.9. The minimum absolute atomic E-state index is 0.433. The summed E-state index contributed by atoms with van der Waals surface area (Å²) in [7, 11) is 0. The standard InChI is InChI=1S/C17H34N2/c1-5-17(6-2)13-18-16(15-9-10-15)12-19(17)11-7-8-14(3)4/h14-16,18H,5-13H2,1-4H3. The third-order valence-electron chi connectivity index (χ3n) is 5.50. The van der Waals surface area contributed by atoms with Crippen LogP contribution in [0.4, 0.5) is 0 Å². The van der Waals surface area contributed by atoms with Gasteiger partial charge < -0.3 is 5.32 Å². The van der Waals surface area contributed by atoms with E-state index >= 15 is 0 Å². The topological polar surface area (TPSA) is 15.3 Å². The molecule has 19 heavy (non-hydrogen) atoms. The second kappa shape index (κ2) is 6.58. The summed E-state index contributed by atoms with van der Waals surface area (Å²) in [5.74, 6) is 1.83. The van der Waals surface area contributed by atoms with Crippen molar-refractivity contribution in [1.82, 2.24) is 10.2 Å². The summed E-state index contributed by atoms with van der Waals surface area (Å²) in [5, 5.41) is 3.86. The Morgan fingerprint density at radius 3 is 2.42 bits per heavy atom. The quantitative estimate of drug-likeness (QED) is 0.756. The second-order valence-corrected chi connectivity index (χ2v) is 7.24. The van der Waals surface area contributed by atoms with Gasteiger partial charge in [0.2, 0.25) is 0 Å². The molecule has 2 nitrogen and oxygen atoms in total. The van der Waals surface area contributed by atoms with Crippen LogP contribution in [-0.2, 0) is 0 Å². The summed E-state index contributed by atoms with van der Waals surface area (Å²) in [5.41, 5.74) is 0.433. The first-order valence-electron chi connectivity index (χ1n) is 8.59. The van der Waals surface area contributed by atoms with E-state index in [-0.39, 0.29) is 0 Å². The molecule has 1 unspecified atom stereocenters. The molecule has 0 spiro atoms. The molecule has 1 atom stereocenters. The van der Waals surface area contributed by atoms with Crippen LogP contribution >= 0.6 is 0 Å². The van der Waals surface area contributed by atoms with Crippen molar-refractivity contribution in [2.45, 2.75) is 77.8 Å². The maximum Gasteiger partial charge on any atom is 0.0329 e. The van der Waals surface area contributed by atoms with E-state index in [9.17, 15) is 0 Å². The molecule has 2 heteroatoms. The average Bonchev–Trinajstić information content (AvgIpc) is 3.23. The molecule has 0 aromatic rings. The summed E-state index contributed by atoms with van der Waals surface area (Å²) in [6.45, 7) is 13.3. The number of hydrogen-bond donors (Lipinski definition) is 1. The van der Waals surface area contributed by atoms with Gasteiger partial charge in [0.1, 0.15) is 0 Å². The molecule has 0 radical (unpaired) electrons. The smallest absolute Gasteiger partial charge is 0.0329 e. The van der Waals surface area contributed by atoms with Crippen molar-refractivity contribution in [3.8, 4) is 0 Å². The highest BCUT2D eigenvalue weighted by Crippen LogP contribution is 2.37. The molecule has 1 aliphatic heterocycles. The first-order chi connectivity index (χ1) is 9.11. The van der Waals surface area contributed by atoms with Crippen molar-refractivity contribution in [2.24, 2.45) is 11.8 Å². The lowest BCUT2D eigenvalue weighted by molar-refractivity contribution is 0.0253. The van der Waals surface area contributed by atoms with Crippen molar-refractivity contribution in [1.29, 1.82) is 0 Å². The van der Waals surface area contributed by atoms with Gasteiger partial charge in [-0.05, 0) is 56.9 Å². The van der Waals surface area contributed by atoms with Crippen LogP contribution in [0.25, 0.3) is 0 Å². The van der Waals surface area contributed by atoms with E-state index in [1.165, 1.54) is 58.2 Å². The van der Waals surface area contributed by atoms with Gasteiger partial charge in [-0.2, -0.15) is 0 Å². The lowest BCUT2D eigenvalue weighted by Gasteiger charge is -2.50. The molecule has 0 amide bonds. The molecular weight excluding hydrogens is 232 g/mol. The number of hydrogen-bond acceptors (Lipinski definition) is 2. The summed E-state index contributed by atoms with van der Waals surface area (Å²) in [4.78, 5) is 2.84. The second-order valence-electron chi connectivity index (χ2n) is 7.24. The number of piperazine rings is 1. The number of nitrogens with zero attached hydrogens (tertiary/aromatic N) is 1. The molecule has 1 aliphatic carbocycles. The van der Waals surface area contributed by atoms with Gasteiger partial charge >= 0.3 is 0 Å². The van der Waals surface area contributed by atoms with Crippen LogP contribution in [0, 0.1) is 11.8 Å². The van der Waals surface area contributed by atoms with Crippen LogP contribution in [0.1, 0.15) is 66.2 Å². The fourth-order valence-corrected chi connectivity index (χ4v) is 3.71. The highest BCUT2D eigenvalue weighted by atomic mass is 15.3. The van der Waals surface area contributed by atoms with Gasteiger partial charge in [0.05, 0.1) is 0 Å². The van der Waals surface area contributed by atoms with Crippen LogP contribution in [0.5, 0.6) is 0 Å². The fourth-order valence-electron chi connectivity index (χ4n) is 3.71. The minimum Gasteiger partial charge on any atom is -0.311 e. The Morgan fingerprint density at radius 2 is 1.89 bits per heavy atom. The Labute approximate surface area is 120 Å². The van der Waals surface area contributed by atoms with E-state index < -0.39 is 0 Å². The van der Waals surface area contributed by atoms with Crippen molar-refractivity contribution in [3.05, 3.63) is 0 Å². The van der Waals surface area contributed by atoms with Crippen LogP contribution in [0.15, 0.2) is 0 Å². The Hall–Kier alpha value is -0.0800. The molecule has 1 heterocycles. The van der Waals surface area contributed by atoms with Gasteiger partial charge in [0, 0.05) is 24.7 Å². The molecule has 2 rings (SSSR count). The van der Waals surface area contributed by atoms with E-state index in [1.54, 1.807) is 0 Å². The fraction of sp³-hybridized carbons (Fsp3) is 1.00. The molecule has 1 saturated carbocycles. The summed E-state index contributed by atoms with van der Waals surface area (Å²) >= 11 is 0. The van der Waals surface area contributed by atoms with E-state index in [0.717, 1.165) is 17.9 Å². The molecule has 2 aliphatic rings. The lowest BCUT2D eigenvalue weighted by Crippen LogP contribution is -2.64. The van der Waals surface area contributed by atoms with Gasteiger partial charge in [-0.1, -0.05) is 27.7 Å². The zero-order valence-electron chi connectivity index (χ0n) is 13.5. The van der Waals surface area contributed by atoms with Gasteiger partial charge in [-0.25, -0.2) is 0 Å². The Kier molecular flexibility index (Phi) is 5.30. The van der Waals surface area contributed by atoms with Crippen LogP contribution < -0.4 is 5.32 Å². The van der Waals surface area contributed by atoms with E-state index in [1.807, 2.05) is 0 Å². The van der Waals surface area contributed by atoms with Gasteiger partial charge in [0.15, 0.2) is 0 Å². The molecule has 0 aromatic carbocycles. The molecular formula is C17H34N2. The van der Waals surface area contributed by atoms with Crippen LogP contribution in [-0.4, -0.2) is 36.1 Å². The molecule has 112 valence electrons. The number of rotatable bonds is 7. The maximum atomic E-state index is 3.86. The lowest BCUT2D eigenvalue weighted by atomic mass is 9.86. The summed E-state index contributed by atoms with van der Waals surface area (Å²) in [6.07, 6.45) is 8.25. The predicted octanol–water partition coefficient (Wildman–Crippen LogP) is 3.67. The van der Waals surface area contributed by atoms with Gasteiger partial charge in [-0.15, -0.1) is 0 Å². The highest BCUT2D eigenvalue weighted by molar-refractivity contribution is 5.01. The third kappa shape index (κ3) is 3.72. The van der Waals surface area contributed by atoms with Crippen LogP contribution in [0.2, 0.25) is 0 Å². The summed E-state index contributed by atoms with van der Waals surface area (Å²) in [6, 6.07) is 0.783. The van der Waals surface area contributed by atoms with Crippen molar-refractivity contribution < 1.29 is 0 Å². The highest BCUT2D eigenvalue weighted by Gasteiger charge is 2.42. The van der Waals surface area contributed by atoms with Crippen LogP contribution in [0.3, 0.4) is 0 Å². The SMILES string of the molecule is CCC1(CC)CNC(C2CC2)CN1CCCC(C)C. The number of nitrogens with one attached hydrogen (secondary N) is 1. The van der Waals surface area contributed by atoms with Crippen molar-refractivity contribution in [3.63, 3.8) is 0 Å². The first kappa shape index (κ1) is 15.3. The van der Waals surface area contributed by atoms with Gasteiger partial charge in [0.25, 0.3) is 0 Å². The average molecular weight is 266 g/mol. The first-order valence-corrected chi connectivity index (χ1v) is 8.59. The van der Waals surface area contributed by atoms with E-state index in [2.05, 4.69) is 37.9 Å². The monoisotopic (exact) mass is 266 g/mol. The molecule has 1 saturated heterocycles. The molecule has 0 aromatic heterocycles. The third-order valence-corrected chi connectivity index (χ3v) is 5.50. The van der Waals surface area contributed by atoms with Gasteiger partial charge in [-0.3, -0.25) is 4.90 Å². The Balaban J connectivity index is 1.93. The minimum atomic E-state index is 0.433. The van der Waals surface area contributed by atoms with E-state index in [0.29, 0.717) is 5.54 Å². The van der Waals surface area contributed by atoms with E-state index in [4.69, 9.17) is 0 Å². The zero-order valence-corrected chi connectivity index (χ0v) is 13.5. The van der Waals surface area contributed by atoms with Crippen molar-refractivity contribution in [2.75, 3.05) is 19.6 Å². The normalized spacial score (nSPS) is 27.9. The Morgan fingerprint density at radius 1 is 1.21 bits per heavy atom. The molecule has 2 fully saturated rings. The predicted molar refractivity (Wildman–Crippen MR) is 83.5 cm³/mol. The Bertz CT molecular complexity index is 266. The largest absolute Gasteiger partial charge is 0.311 e. The maximum absolute atomic E-state index is 3.86.